The summed E-state index contributed by atoms with van der Waals surface area (Å²) in [6, 6.07) is 11.2. The molecular formula is C19H22N2O3. The summed E-state index contributed by atoms with van der Waals surface area (Å²) >= 11 is 0. The molecule has 5 nitrogen and oxygen atoms in total. The van der Waals surface area contributed by atoms with Crippen LogP contribution < -0.4 is 0 Å². The first-order valence-corrected chi connectivity index (χ1v) is 7.93. The van der Waals surface area contributed by atoms with Gasteiger partial charge in [0, 0.05) is 11.6 Å². The minimum absolute atomic E-state index is 0.144. The van der Waals surface area contributed by atoms with Gasteiger partial charge >= 0.3 is 5.97 Å². The average molecular weight is 326 g/mol. The van der Waals surface area contributed by atoms with Crippen LogP contribution in [0.3, 0.4) is 0 Å². The van der Waals surface area contributed by atoms with E-state index in [0.29, 0.717) is 16.7 Å². The molecule has 3 aromatic rings. The van der Waals surface area contributed by atoms with Crippen molar-refractivity contribution in [2.24, 2.45) is 0 Å². The van der Waals surface area contributed by atoms with Gasteiger partial charge in [0.05, 0.1) is 28.5 Å². The van der Waals surface area contributed by atoms with E-state index in [1.807, 2.05) is 27.7 Å². The number of phenolic OH excluding ortho intramolecular Hbond substituents is 1. The molecule has 5 heteroatoms. The summed E-state index contributed by atoms with van der Waals surface area (Å²) < 4.78 is 0. The van der Waals surface area contributed by atoms with Crippen LogP contribution in [0.1, 0.15) is 38.1 Å². The third-order valence-electron chi connectivity index (χ3n) is 2.95. The van der Waals surface area contributed by atoms with Gasteiger partial charge in [-0.1, -0.05) is 39.8 Å². The zero-order valence-electron chi connectivity index (χ0n) is 14.3. The number of carboxylic acid groups (broad SMARTS) is 1. The van der Waals surface area contributed by atoms with Gasteiger partial charge in [0.1, 0.15) is 5.75 Å². The first-order chi connectivity index (χ1) is 11.6. The number of hydrogen-bond donors (Lipinski definition) is 2. The normalized spacial score (nSPS) is 9.33. The van der Waals surface area contributed by atoms with Crippen LogP contribution in [0.4, 0.5) is 0 Å². The van der Waals surface area contributed by atoms with Crippen molar-refractivity contribution in [3.8, 4) is 17.0 Å². The van der Waals surface area contributed by atoms with Crippen LogP contribution in [0.5, 0.6) is 5.75 Å². The quantitative estimate of drug-likeness (QED) is 0.710. The summed E-state index contributed by atoms with van der Waals surface area (Å²) in [5.74, 6) is -0.818. The molecule has 0 atom stereocenters. The maximum atomic E-state index is 10.8. The SMILES string of the molecule is CC.CC.O=C(O)c1ccc(-c2cnc3cc(O)ccc3n2)cc1. The first kappa shape index (κ1) is 19.1. The smallest absolute Gasteiger partial charge is 0.335 e. The van der Waals surface area contributed by atoms with E-state index >= 15 is 0 Å². The van der Waals surface area contributed by atoms with Gasteiger partial charge in [-0.3, -0.25) is 4.98 Å². The van der Waals surface area contributed by atoms with Gasteiger partial charge in [-0.2, -0.15) is 0 Å². The number of carbonyl (C=O) groups is 1. The Hall–Kier alpha value is -2.95. The Morgan fingerprint density at radius 1 is 0.917 bits per heavy atom. The molecule has 0 fully saturated rings. The van der Waals surface area contributed by atoms with Crippen molar-refractivity contribution in [3.63, 3.8) is 0 Å². The van der Waals surface area contributed by atoms with Gasteiger partial charge in [0.15, 0.2) is 0 Å². The number of aromatic hydroxyl groups is 1. The second-order valence-electron chi connectivity index (χ2n) is 4.31. The lowest BCUT2D eigenvalue weighted by Crippen LogP contribution is -1.95. The van der Waals surface area contributed by atoms with E-state index in [1.54, 1.807) is 36.5 Å². The Balaban J connectivity index is 0.000000671. The van der Waals surface area contributed by atoms with Gasteiger partial charge < -0.3 is 10.2 Å². The Morgan fingerprint density at radius 2 is 1.54 bits per heavy atom. The van der Waals surface area contributed by atoms with Crippen molar-refractivity contribution >= 4 is 17.0 Å². The first-order valence-electron chi connectivity index (χ1n) is 7.93. The highest BCUT2D eigenvalue weighted by Gasteiger charge is 2.06. The molecule has 0 radical (unpaired) electrons. The zero-order valence-corrected chi connectivity index (χ0v) is 14.3. The van der Waals surface area contributed by atoms with E-state index in [-0.39, 0.29) is 11.3 Å². The molecule has 2 aromatic carbocycles. The van der Waals surface area contributed by atoms with E-state index in [9.17, 15) is 9.90 Å². The summed E-state index contributed by atoms with van der Waals surface area (Å²) in [4.78, 5) is 19.5. The summed E-state index contributed by atoms with van der Waals surface area (Å²) in [6.07, 6.45) is 1.59. The largest absolute Gasteiger partial charge is 0.508 e. The third kappa shape index (κ3) is 4.52. The van der Waals surface area contributed by atoms with Crippen molar-refractivity contribution in [3.05, 3.63) is 54.2 Å². The number of aromatic nitrogens is 2. The number of benzene rings is 2. The van der Waals surface area contributed by atoms with Crippen LogP contribution in [-0.4, -0.2) is 26.2 Å². The van der Waals surface area contributed by atoms with Gasteiger partial charge in [0.25, 0.3) is 0 Å². The second kappa shape index (κ2) is 9.25. The average Bonchev–Trinajstić information content (AvgIpc) is 2.64. The van der Waals surface area contributed by atoms with E-state index in [0.717, 1.165) is 5.56 Å². The van der Waals surface area contributed by atoms with E-state index < -0.39 is 5.97 Å². The van der Waals surface area contributed by atoms with Gasteiger partial charge in [-0.05, 0) is 24.3 Å². The fraction of sp³-hybridized carbons (Fsp3) is 0.211. The predicted octanol–water partition coefficient (Wildman–Crippen LogP) is 4.75. The Kier molecular flexibility index (Phi) is 7.36. The van der Waals surface area contributed by atoms with Crippen LogP contribution in [0.15, 0.2) is 48.7 Å². The molecule has 0 saturated heterocycles. The molecule has 0 aliphatic heterocycles. The lowest BCUT2D eigenvalue weighted by Gasteiger charge is -2.03. The molecule has 0 aliphatic carbocycles. The van der Waals surface area contributed by atoms with Crippen LogP contribution in [0.25, 0.3) is 22.3 Å². The molecular weight excluding hydrogens is 304 g/mol. The van der Waals surface area contributed by atoms with Crippen molar-refractivity contribution < 1.29 is 15.0 Å². The lowest BCUT2D eigenvalue weighted by molar-refractivity contribution is 0.0697. The molecule has 1 aromatic heterocycles. The van der Waals surface area contributed by atoms with E-state index in [4.69, 9.17) is 5.11 Å². The Morgan fingerprint density at radius 3 is 2.12 bits per heavy atom. The molecule has 0 amide bonds. The molecule has 3 rings (SSSR count). The number of aromatic carboxylic acids is 1. The molecule has 24 heavy (non-hydrogen) atoms. The number of carboxylic acids is 1. The van der Waals surface area contributed by atoms with Gasteiger partial charge in [-0.15, -0.1) is 0 Å². The highest BCUT2D eigenvalue weighted by atomic mass is 16.4. The second-order valence-corrected chi connectivity index (χ2v) is 4.31. The summed E-state index contributed by atoms with van der Waals surface area (Å²) in [7, 11) is 0. The highest BCUT2D eigenvalue weighted by Crippen LogP contribution is 2.21. The van der Waals surface area contributed by atoms with Crippen LogP contribution in [-0.2, 0) is 0 Å². The predicted molar refractivity (Wildman–Crippen MR) is 96.3 cm³/mol. The number of fused-ring (bicyclic) bond motifs is 1. The fourth-order valence-corrected chi connectivity index (χ4v) is 1.92. The standard InChI is InChI=1S/C15H10N2O3.2C2H6/c18-11-5-6-12-13(7-11)16-8-14(17-12)9-1-3-10(4-2-9)15(19)20;2*1-2/h1-8,18H,(H,19,20);2*1-2H3. The molecule has 2 N–H and O–H groups in total. The summed E-state index contributed by atoms with van der Waals surface area (Å²) in [5.41, 5.74) is 2.95. The third-order valence-corrected chi connectivity index (χ3v) is 2.95. The minimum atomic E-state index is -0.961. The van der Waals surface area contributed by atoms with Crippen LogP contribution in [0, 0.1) is 0 Å². The molecule has 0 spiro atoms. The minimum Gasteiger partial charge on any atom is -0.508 e. The highest BCUT2D eigenvalue weighted by molar-refractivity contribution is 5.88. The zero-order chi connectivity index (χ0) is 18.1. The fourth-order valence-electron chi connectivity index (χ4n) is 1.92. The van der Waals surface area contributed by atoms with Crippen molar-refractivity contribution in [1.29, 1.82) is 0 Å². The number of rotatable bonds is 2. The molecule has 0 aliphatic rings. The van der Waals surface area contributed by atoms with Gasteiger partial charge in [-0.25, -0.2) is 9.78 Å². The van der Waals surface area contributed by atoms with Crippen molar-refractivity contribution in [2.75, 3.05) is 0 Å². The maximum absolute atomic E-state index is 10.8. The van der Waals surface area contributed by atoms with E-state index in [1.165, 1.54) is 12.1 Å². The van der Waals surface area contributed by atoms with Crippen molar-refractivity contribution in [2.45, 2.75) is 27.7 Å². The lowest BCUT2D eigenvalue weighted by atomic mass is 10.1. The summed E-state index contributed by atoms with van der Waals surface area (Å²) in [6.45, 7) is 8.00. The Labute approximate surface area is 141 Å². The van der Waals surface area contributed by atoms with Crippen LogP contribution >= 0.6 is 0 Å². The van der Waals surface area contributed by atoms with Crippen molar-refractivity contribution in [1.82, 2.24) is 9.97 Å². The molecule has 1 heterocycles. The molecule has 0 saturated carbocycles. The monoisotopic (exact) mass is 326 g/mol. The Bertz CT molecular complexity index is 799. The van der Waals surface area contributed by atoms with E-state index in [2.05, 4.69) is 9.97 Å². The maximum Gasteiger partial charge on any atom is 0.335 e. The number of nitrogens with zero attached hydrogens (tertiary/aromatic N) is 2. The van der Waals surface area contributed by atoms with Gasteiger partial charge in [0.2, 0.25) is 0 Å². The number of hydrogen-bond acceptors (Lipinski definition) is 4. The molecule has 126 valence electrons. The van der Waals surface area contributed by atoms with Crippen LogP contribution in [0.2, 0.25) is 0 Å². The molecule has 0 bridgehead atoms. The summed E-state index contributed by atoms with van der Waals surface area (Å²) in [5, 5.41) is 18.2. The molecule has 0 unspecified atom stereocenters. The topological polar surface area (TPSA) is 83.3 Å². The number of phenols is 1.